The van der Waals surface area contributed by atoms with E-state index in [0.29, 0.717) is 16.9 Å². The van der Waals surface area contributed by atoms with E-state index in [1.54, 1.807) is 13.8 Å². The van der Waals surface area contributed by atoms with E-state index < -0.39 is 80.9 Å². The summed E-state index contributed by atoms with van der Waals surface area (Å²) < 4.78 is -0.983. The monoisotopic (exact) mass is 733 g/mol. The Bertz CT molecular complexity index is 2000. The maximum absolute atomic E-state index is 14.1. The van der Waals surface area contributed by atoms with Gasteiger partial charge in [0, 0.05) is 23.4 Å². The summed E-state index contributed by atoms with van der Waals surface area (Å²) in [7, 11) is 0. The second kappa shape index (κ2) is 14.3. The van der Waals surface area contributed by atoms with Gasteiger partial charge in [0.25, 0.3) is 29.2 Å². The summed E-state index contributed by atoms with van der Waals surface area (Å²) in [4.78, 5) is 102. The van der Waals surface area contributed by atoms with Gasteiger partial charge in [0.15, 0.2) is 0 Å². The Morgan fingerprint density at radius 2 is 1.62 bits per heavy atom. The van der Waals surface area contributed by atoms with Gasteiger partial charge in [0.2, 0.25) is 5.91 Å². The Kier molecular flexibility index (Phi) is 10.4. The zero-order chi connectivity index (χ0) is 38.4. The number of anilines is 1. The molecule has 2 aromatic carbocycles. The molecule has 5 amide bonds. The minimum Gasteiger partial charge on any atom is -0.508 e. The van der Waals surface area contributed by atoms with Crippen LogP contribution in [-0.4, -0.2) is 93.7 Å². The van der Waals surface area contributed by atoms with Crippen LogP contribution in [0.4, 0.5) is 5.69 Å². The number of nitrogens with two attached hydrogens (primary N) is 2. The Morgan fingerprint density at radius 3 is 2.15 bits per heavy atom. The number of rotatable bonds is 10. The van der Waals surface area contributed by atoms with Gasteiger partial charge in [-0.05, 0) is 68.1 Å². The third-order valence-corrected chi connectivity index (χ3v) is 10.5. The van der Waals surface area contributed by atoms with Crippen LogP contribution in [0.1, 0.15) is 63.0 Å². The van der Waals surface area contributed by atoms with E-state index in [9.17, 15) is 43.8 Å². The highest BCUT2D eigenvalue weighted by Crippen LogP contribution is 2.52. The number of aromatic hydroxyl groups is 1. The van der Waals surface area contributed by atoms with Gasteiger partial charge in [0.1, 0.15) is 40.6 Å². The summed E-state index contributed by atoms with van der Waals surface area (Å²) in [5, 5.41) is 18.7. The molecule has 0 aliphatic carbocycles. The van der Waals surface area contributed by atoms with Crippen molar-refractivity contribution in [2.45, 2.75) is 75.3 Å². The second-order valence-corrected chi connectivity index (χ2v) is 15.3. The van der Waals surface area contributed by atoms with Gasteiger partial charge in [-0.3, -0.25) is 33.7 Å². The zero-order valence-electron chi connectivity index (χ0n) is 29.0. The molecule has 3 heterocycles. The van der Waals surface area contributed by atoms with Crippen LogP contribution in [0.3, 0.4) is 0 Å². The van der Waals surface area contributed by atoms with Gasteiger partial charge in [0.05, 0.1) is 11.7 Å². The zero-order valence-corrected chi connectivity index (χ0v) is 29.8. The molecule has 16 nitrogen and oxygen atoms in total. The molecule has 3 aromatic rings. The molecule has 2 unspecified atom stereocenters. The van der Waals surface area contributed by atoms with E-state index in [0.717, 1.165) is 27.8 Å². The fourth-order valence-electron chi connectivity index (χ4n) is 6.40. The number of phenolic OH excluding ortho intramolecular Hbond substituents is 1. The number of carbonyl (C=O) groups excluding carboxylic acids is 5. The molecular formula is C35H39N7O9S. The van der Waals surface area contributed by atoms with Crippen molar-refractivity contribution in [3.63, 3.8) is 0 Å². The summed E-state index contributed by atoms with van der Waals surface area (Å²) in [6, 6.07) is 6.12. The quantitative estimate of drug-likeness (QED) is 0.186. The van der Waals surface area contributed by atoms with Crippen molar-refractivity contribution in [3.05, 3.63) is 76.2 Å². The molecule has 2 aliphatic heterocycles. The molecule has 0 bridgehead atoms. The number of carboxylic acid groups (broad SMARTS) is 1. The predicted octanol–water partition coefficient (Wildman–Crippen LogP) is 1.58. The van der Waals surface area contributed by atoms with Gasteiger partial charge in [-0.2, -0.15) is 0 Å². The number of amides is 5. The van der Waals surface area contributed by atoms with Crippen LogP contribution in [0.5, 0.6) is 5.75 Å². The van der Waals surface area contributed by atoms with Crippen molar-refractivity contribution in [3.8, 4) is 17.1 Å². The third-order valence-electron chi connectivity index (χ3n) is 8.91. The molecule has 17 heteroatoms. The molecule has 274 valence electrons. The van der Waals surface area contributed by atoms with Crippen LogP contribution >= 0.6 is 11.8 Å². The molecule has 0 radical (unpaired) electrons. The maximum atomic E-state index is 14.1. The van der Waals surface area contributed by atoms with Gasteiger partial charge < -0.3 is 31.6 Å². The number of β-lactam (4-membered cyclic amide) rings is 1. The van der Waals surface area contributed by atoms with Crippen LogP contribution in [-0.2, 0) is 24.0 Å². The van der Waals surface area contributed by atoms with E-state index in [-0.39, 0.29) is 28.7 Å². The smallest absolute Gasteiger partial charge is 0.327 e. The van der Waals surface area contributed by atoms with Gasteiger partial charge >= 0.3 is 5.97 Å². The minimum absolute atomic E-state index is 0.00674. The fourth-order valence-corrected chi connectivity index (χ4v) is 8.07. The first-order valence-electron chi connectivity index (χ1n) is 16.3. The Hall–Kier alpha value is -5.39. The van der Waals surface area contributed by atoms with Crippen molar-refractivity contribution in [2.75, 3.05) is 4.90 Å². The molecular weight excluding hydrogens is 694 g/mol. The van der Waals surface area contributed by atoms with Crippen LogP contribution in [0.15, 0.2) is 59.5 Å². The number of aromatic nitrogens is 2. The summed E-state index contributed by atoms with van der Waals surface area (Å²) >= 11 is 1.10. The number of aromatic amines is 1. The normalized spacial score (nSPS) is 20.0. The van der Waals surface area contributed by atoms with Crippen molar-refractivity contribution in [1.82, 2.24) is 19.8 Å². The molecule has 0 saturated carbocycles. The SMILES string of the molecule is CC(=O)N(C(=O)C(N)CC(C)C)c1ccc(-c2ncc(C(=O)N(C(=O)C(N)c3ccc(O)cc3)[C@@H]3C(=O)N4[C@@H]3SC(C)(C)[C@@H]4C(=O)O)c(=O)[nH]2)cc1. The standard InChI is InChI=1S/C35H39N7O9S/c1-16(2)14-23(36)30(47)40(17(3)43)20-10-6-19(7-11-20)27-38-15-22(28(45)39-27)29(46)41(31(48)24(37)18-8-12-21(44)13-9-18)25-32(49)42-26(34(50)51)35(4,5)52-33(25)42/h6-13,15-16,23-26,33,44H,14,36-37H2,1-5H3,(H,50,51)(H,38,39,45)/t23?,24?,25-,26+,33-/m1/s1. The third kappa shape index (κ3) is 6.93. The number of hydrogen-bond acceptors (Lipinski definition) is 12. The van der Waals surface area contributed by atoms with Crippen molar-refractivity contribution >= 4 is 53.0 Å². The molecule has 1 aromatic heterocycles. The van der Waals surface area contributed by atoms with Crippen LogP contribution in [0.2, 0.25) is 0 Å². The van der Waals surface area contributed by atoms with Crippen LogP contribution in [0, 0.1) is 5.92 Å². The second-order valence-electron chi connectivity index (χ2n) is 13.6. The summed E-state index contributed by atoms with van der Waals surface area (Å²) in [6.45, 7) is 8.31. The van der Waals surface area contributed by atoms with Crippen LogP contribution < -0.4 is 21.9 Å². The summed E-state index contributed by atoms with van der Waals surface area (Å²) in [6.07, 6.45) is 1.32. The lowest BCUT2D eigenvalue weighted by Gasteiger charge is -2.47. The predicted molar refractivity (Wildman–Crippen MR) is 190 cm³/mol. The van der Waals surface area contributed by atoms with Crippen molar-refractivity contribution in [2.24, 2.45) is 17.4 Å². The first-order chi connectivity index (χ1) is 24.3. The molecule has 2 fully saturated rings. The molecule has 52 heavy (non-hydrogen) atoms. The number of carbonyl (C=O) groups is 6. The molecule has 0 spiro atoms. The number of phenols is 1. The number of thioether (sulfide) groups is 1. The number of carboxylic acids is 1. The molecule has 5 atom stereocenters. The number of fused-ring (bicyclic) bond motifs is 1. The highest BCUT2D eigenvalue weighted by molar-refractivity contribution is 8.01. The number of nitrogens with zero attached hydrogens (tertiary/aromatic N) is 4. The number of benzene rings is 2. The number of H-pyrrole nitrogens is 1. The number of nitrogens with one attached hydrogen (secondary N) is 1. The van der Waals surface area contributed by atoms with Gasteiger partial charge in [-0.15, -0.1) is 11.8 Å². The lowest BCUT2D eigenvalue weighted by Crippen LogP contribution is -2.72. The van der Waals surface area contributed by atoms with Crippen LogP contribution in [0.25, 0.3) is 11.4 Å². The van der Waals surface area contributed by atoms with Crippen molar-refractivity contribution in [1.29, 1.82) is 0 Å². The molecule has 2 aliphatic rings. The fraction of sp³-hybridized carbons (Fsp3) is 0.371. The molecule has 7 N–H and O–H groups in total. The number of aliphatic carboxylic acids is 1. The Morgan fingerprint density at radius 1 is 1.00 bits per heavy atom. The lowest BCUT2D eigenvalue weighted by atomic mass is 9.94. The molecule has 2 saturated heterocycles. The molecule has 5 rings (SSSR count). The average molecular weight is 734 g/mol. The average Bonchev–Trinajstić information content (AvgIpc) is 3.33. The van der Waals surface area contributed by atoms with E-state index in [4.69, 9.17) is 11.5 Å². The summed E-state index contributed by atoms with van der Waals surface area (Å²) in [5.41, 5.74) is 11.6. The minimum atomic E-state index is -1.51. The van der Waals surface area contributed by atoms with Gasteiger partial charge in [-0.25, -0.2) is 14.7 Å². The first kappa shape index (κ1) is 37.9. The van der Waals surface area contributed by atoms with E-state index in [1.165, 1.54) is 55.5 Å². The Balaban J connectivity index is 1.46. The topological polar surface area (TPSA) is 250 Å². The van der Waals surface area contributed by atoms with E-state index >= 15 is 0 Å². The highest BCUT2D eigenvalue weighted by Gasteiger charge is 2.67. The highest BCUT2D eigenvalue weighted by atomic mass is 32.2. The van der Waals surface area contributed by atoms with Crippen molar-refractivity contribution < 1.29 is 39.0 Å². The van der Waals surface area contributed by atoms with Gasteiger partial charge in [-0.1, -0.05) is 26.0 Å². The largest absolute Gasteiger partial charge is 0.508 e. The maximum Gasteiger partial charge on any atom is 0.327 e. The first-order valence-corrected chi connectivity index (χ1v) is 17.2. The lowest BCUT2D eigenvalue weighted by molar-refractivity contribution is -0.166. The summed E-state index contributed by atoms with van der Waals surface area (Å²) in [5.74, 6) is -5.37. The Labute approximate surface area is 302 Å². The number of hydrogen-bond donors (Lipinski definition) is 5. The van der Waals surface area contributed by atoms with E-state index in [1.807, 2.05) is 13.8 Å². The number of imide groups is 2. The van der Waals surface area contributed by atoms with E-state index in [2.05, 4.69) is 9.97 Å².